The number of carbonyl (C=O) groups is 1. The molecule has 0 radical (unpaired) electrons. The van der Waals surface area contributed by atoms with Crippen LogP contribution >= 0.6 is 47.8 Å². The molecule has 98 valence electrons. The van der Waals surface area contributed by atoms with Crippen LogP contribution in [0.25, 0.3) is 0 Å². The standard InChI is InChI=1S/C14H8Br3FO/c15-9-2-4-13(18)8(5-9)6-14(19)11-7-10(16)1-3-12(11)17/h1-5,7H,6H2. The van der Waals surface area contributed by atoms with E-state index in [1.165, 1.54) is 6.07 Å². The van der Waals surface area contributed by atoms with Crippen molar-refractivity contribution in [3.63, 3.8) is 0 Å². The monoisotopic (exact) mass is 448 g/mol. The second kappa shape index (κ2) is 6.29. The zero-order chi connectivity index (χ0) is 14.0. The Balaban J connectivity index is 2.30. The van der Waals surface area contributed by atoms with Crippen LogP contribution in [0, 0.1) is 5.82 Å². The molecule has 0 heterocycles. The van der Waals surface area contributed by atoms with Gasteiger partial charge in [-0.25, -0.2) is 4.39 Å². The number of carbonyl (C=O) groups excluding carboxylic acids is 1. The molecule has 0 fully saturated rings. The predicted molar refractivity (Wildman–Crippen MR) is 84.0 cm³/mol. The van der Waals surface area contributed by atoms with Crippen molar-refractivity contribution in [2.45, 2.75) is 6.42 Å². The van der Waals surface area contributed by atoms with Crippen LogP contribution in [0.1, 0.15) is 15.9 Å². The molecule has 2 aromatic carbocycles. The average molecular weight is 451 g/mol. The summed E-state index contributed by atoms with van der Waals surface area (Å²) in [5.74, 6) is -0.507. The molecular weight excluding hydrogens is 443 g/mol. The third kappa shape index (κ3) is 3.74. The largest absolute Gasteiger partial charge is 0.294 e. The Hall–Kier alpha value is -0.520. The molecule has 0 aromatic heterocycles. The molecule has 2 rings (SSSR count). The highest BCUT2D eigenvalue weighted by molar-refractivity contribution is 9.11. The first-order valence-electron chi connectivity index (χ1n) is 5.39. The summed E-state index contributed by atoms with van der Waals surface area (Å²) in [6.07, 6.45) is 0.0281. The summed E-state index contributed by atoms with van der Waals surface area (Å²) in [7, 11) is 0. The summed E-state index contributed by atoms with van der Waals surface area (Å²) in [6.45, 7) is 0. The molecular formula is C14H8Br3FO. The Kier molecular flexibility index (Phi) is 4.92. The van der Waals surface area contributed by atoms with Crippen molar-refractivity contribution in [3.8, 4) is 0 Å². The van der Waals surface area contributed by atoms with Crippen LogP contribution in [0.2, 0.25) is 0 Å². The topological polar surface area (TPSA) is 17.1 Å². The number of hydrogen-bond acceptors (Lipinski definition) is 1. The van der Waals surface area contributed by atoms with Gasteiger partial charge in [0.25, 0.3) is 0 Å². The summed E-state index contributed by atoms with van der Waals surface area (Å²) >= 11 is 9.93. The van der Waals surface area contributed by atoms with Crippen LogP contribution in [0.4, 0.5) is 4.39 Å². The molecule has 2 aromatic rings. The Morgan fingerprint density at radius 2 is 1.63 bits per heavy atom. The summed E-state index contributed by atoms with van der Waals surface area (Å²) in [6, 6.07) is 9.93. The number of halogens is 4. The van der Waals surface area contributed by atoms with Crippen LogP contribution < -0.4 is 0 Å². The first-order valence-corrected chi connectivity index (χ1v) is 7.77. The van der Waals surface area contributed by atoms with E-state index in [9.17, 15) is 9.18 Å². The van der Waals surface area contributed by atoms with Gasteiger partial charge >= 0.3 is 0 Å². The molecule has 19 heavy (non-hydrogen) atoms. The molecule has 0 saturated carbocycles. The molecule has 0 atom stereocenters. The van der Waals surface area contributed by atoms with Gasteiger partial charge in [0.05, 0.1) is 0 Å². The highest BCUT2D eigenvalue weighted by Gasteiger charge is 2.14. The van der Waals surface area contributed by atoms with Gasteiger partial charge < -0.3 is 0 Å². The third-order valence-corrected chi connectivity index (χ3v) is 4.27. The lowest BCUT2D eigenvalue weighted by molar-refractivity contribution is 0.0991. The van der Waals surface area contributed by atoms with Crippen LogP contribution in [0.3, 0.4) is 0 Å². The van der Waals surface area contributed by atoms with E-state index in [0.717, 1.165) is 8.95 Å². The Morgan fingerprint density at radius 1 is 1.00 bits per heavy atom. The van der Waals surface area contributed by atoms with Crippen molar-refractivity contribution < 1.29 is 9.18 Å². The average Bonchev–Trinajstić information content (AvgIpc) is 2.36. The van der Waals surface area contributed by atoms with E-state index >= 15 is 0 Å². The molecule has 0 bridgehead atoms. The lowest BCUT2D eigenvalue weighted by Gasteiger charge is -2.06. The van der Waals surface area contributed by atoms with Crippen molar-refractivity contribution >= 4 is 53.6 Å². The van der Waals surface area contributed by atoms with E-state index in [1.54, 1.807) is 24.3 Å². The van der Waals surface area contributed by atoms with Gasteiger partial charge in [-0.2, -0.15) is 0 Å². The molecule has 0 aliphatic rings. The molecule has 0 aliphatic heterocycles. The van der Waals surface area contributed by atoms with Gasteiger partial charge in [-0.1, -0.05) is 47.8 Å². The molecule has 5 heteroatoms. The quantitative estimate of drug-likeness (QED) is 0.561. The third-order valence-electron chi connectivity index (χ3n) is 2.59. The molecule has 0 spiro atoms. The van der Waals surface area contributed by atoms with Gasteiger partial charge in [-0.05, 0) is 42.0 Å². The molecule has 0 aliphatic carbocycles. The normalized spacial score (nSPS) is 10.5. The minimum absolute atomic E-state index is 0.0281. The van der Waals surface area contributed by atoms with Gasteiger partial charge in [0.2, 0.25) is 0 Å². The first kappa shape index (κ1) is 14.9. The molecule has 0 N–H and O–H groups in total. The number of benzene rings is 2. The van der Waals surface area contributed by atoms with Gasteiger partial charge in [-0.3, -0.25) is 4.79 Å². The number of ketones is 1. The van der Waals surface area contributed by atoms with Gasteiger partial charge in [0.15, 0.2) is 5.78 Å². The minimum atomic E-state index is -0.373. The maximum absolute atomic E-state index is 13.6. The minimum Gasteiger partial charge on any atom is -0.294 e. The molecule has 1 nitrogen and oxygen atoms in total. The maximum atomic E-state index is 13.6. The Morgan fingerprint density at radius 3 is 2.37 bits per heavy atom. The summed E-state index contributed by atoms with van der Waals surface area (Å²) < 4.78 is 15.9. The smallest absolute Gasteiger partial charge is 0.168 e. The van der Waals surface area contributed by atoms with E-state index in [1.807, 2.05) is 6.07 Å². The summed E-state index contributed by atoms with van der Waals surface area (Å²) in [5, 5.41) is 0. The second-order valence-electron chi connectivity index (χ2n) is 3.96. The predicted octanol–water partition coefficient (Wildman–Crippen LogP) is 5.54. The van der Waals surface area contributed by atoms with Crippen molar-refractivity contribution in [1.82, 2.24) is 0 Å². The fourth-order valence-electron chi connectivity index (χ4n) is 1.66. The Bertz CT molecular complexity index is 641. The second-order valence-corrected chi connectivity index (χ2v) is 6.65. The van der Waals surface area contributed by atoms with E-state index in [0.29, 0.717) is 15.6 Å². The number of hydrogen-bond donors (Lipinski definition) is 0. The molecule has 0 unspecified atom stereocenters. The molecule has 0 amide bonds. The number of rotatable bonds is 3. The van der Waals surface area contributed by atoms with Gasteiger partial charge in [-0.15, -0.1) is 0 Å². The molecule has 0 saturated heterocycles. The van der Waals surface area contributed by atoms with Gasteiger partial charge in [0, 0.05) is 25.4 Å². The zero-order valence-corrected chi connectivity index (χ0v) is 14.3. The van der Waals surface area contributed by atoms with Crippen molar-refractivity contribution in [2.75, 3.05) is 0 Å². The van der Waals surface area contributed by atoms with Crippen molar-refractivity contribution in [2.24, 2.45) is 0 Å². The lowest BCUT2D eigenvalue weighted by atomic mass is 10.0. The van der Waals surface area contributed by atoms with E-state index < -0.39 is 0 Å². The summed E-state index contributed by atoms with van der Waals surface area (Å²) in [4.78, 5) is 12.2. The summed E-state index contributed by atoms with van der Waals surface area (Å²) in [5.41, 5.74) is 0.917. The maximum Gasteiger partial charge on any atom is 0.168 e. The van der Waals surface area contributed by atoms with Crippen LogP contribution in [-0.4, -0.2) is 5.78 Å². The van der Waals surface area contributed by atoms with Crippen molar-refractivity contribution in [1.29, 1.82) is 0 Å². The fourth-order valence-corrected chi connectivity index (χ4v) is 2.90. The highest BCUT2D eigenvalue weighted by Crippen LogP contribution is 2.24. The fraction of sp³-hybridized carbons (Fsp3) is 0.0714. The van der Waals surface area contributed by atoms with Crippen LogP contribution in [0.15, 0.2) is 49.8 Å². The SMILES string of the molecule is O=C(Cc1cc(Br)ccc1F)c1cc(Br)ccc1Br. The lowest BCUT2D eigenvalue weighted by Crippen LogP contribution is -2.06. The van der Waals surface area contributed by atoms with Crippen molar-refractivity contribution in [3.05, 3.63) is 66.8 Å². The van der Waals surface area contributed by atoms with Crippen LogP contribution in [-0.2, 0) is 6.42 Å². The van der Waals surface area contributed by atoms with E-state index in [2.05, 4.69) is 47.8 Å². The van der Waals surface area contributed by atoms with Crippen LogP contribution in [0.5, 0.6) is 0 Å². The highest BCUT2D eigenvalue weighted by atomic mass is 79.9. The first-order chi connectivity index (χ1) is 8.97. The number of Topliss-reactive ketones (excluding diaryl/α,β-unsaturated/α-hetero) is 1. The zero-order valence-electron chi connectivity index (χ0n) is 9.59. The van der Waals surface area contributed by atoms with E-state index in [-0.39, 0.29) is 18.0 Å². The van der Waals surface area contributed by atoms with Gasteiger partial charge in [0.1, 0.15) is 5.82 Å². The Labute approximate surface area is 135 Å². The van der Waals surface area contributed by atoms with E-state index in [4.69, 9.17) is 0 Å².